The summed E-state index contributed by atoms with van der Waals surface area (Å²) in [6.45, 7) is 1.72. The van der Waals surface area contributed by atoms with Crippen molar-refractivity contribution in [3.63, 3.8) is 0 Å². The van der Waals surface area contributed by atoms with Crippen molar-refractivity contribution in [2.45, 2.75) is 19.4 Å². The molecule has 0 saturated carbocycles. The molecule has 0 heterocycles. The van der Waals surface area contributed by atoms with E-state index in [4.69, 9.17) is 5.73 Å². The molecule has 0 unspecified atom stereocenters. The molecule has 0 aromatic heterocycles. The molecule has 0 spiro atoms. The Morgan fingerprint density at radius 1 is 1.64 bits per heavy atom. The van der Waals surface area contributed by atoms with Gasteiger partial charge >= 0.3 is 5.69 Å². The van der Waals surface area contributed by atoms with E-state index in [-0.39, 0.29) is 11.6 Å². The van der Waals surface area contributed by atoms with E-state index in [1.165, 1.54) is 12.1 Å². The van der Waals surface area contributed by atoms with Gasteiger partial charge in [-0.15, -0.1) is 0 Å². The summed E-state index contributed by atoms with van der Waals surface area (Å²) in [5.74, 6) is -0.783. The Hall–Kier alpha value is -1.49. The van der Waals surface area contributed by atoms with Gasteiger partial charge in [0.1, 0.15) is 0 Å². The van der Waals surface area contributed by atoms with Crippen LogP contribution in [-0.2, 0) is 6.42 Å². The molecule has 14 heavy (non-hydrogen) atoms. The second kappa shape index (κ2) is 4.15. The molecule has 1 aromatic rings. The number of nitro benzene ring substituents is 1. The van der Waals surface area contributed by atoms with Gasteiger partial charge in [-0.05, 0) is 18.9 Å². The topological polar surface area (TPSA) is 69.2 Å². The van der Waals surface area contributed by atoms with Crippen molar-refractivity contribution in [2.24, 2.45) is 5.73 Å². The van der Waals surface area contributed by atoms with Crippen LogP contribution in [0.3, 0.4) is 0 Å². The van der Waals surface area contributed by atoms with Crippen LogP contribution in [0.15, 0.2) is 18.2 Å². The number of hydrogen-bond donors (Lipinski definition) is 1. The highest BCUT2D eigenvalue weighted by Gasteiger charge is 2.17. The predicted molar refractivity (Wildman–Crippen MR) is 50.4 cm³/mol. The molecule has 0 aliphatic carbocycles. The summed E-state index contributed by atoms with van der Waals surface area (Å²) in [5, 5.41) is 10.4. The molecule has 5 heteroatoms. The van der Waals surface area contributed by atoms with Crippen molar-refractivity contribution < 1.29 is 9.31 Å². The smallest absolute Gasteiger partial charge is 0.305 e. The van der Waals surface area contributed by atoms with Crippen molar-refractivity contribution in [1.82, 2.24) is 0 Å². The normalized spacial score (nSPS) is 12.5. The lowest BCUT2D eigenvalue weighted by molar-refractivity contribution is -0.387. The molecule has 0 bridgehead atoms. The largest absolute Gasteiger partial charge is 0.328 e. The lowest BCUT2D eigenvalue weighted by Gasteiger charge is -2.05. The highest BCUT2D eigenvalue weighted by atomic mass is 19.1. The molecule has 0 saturated heterocycles. The van der Waals surface area contributed by atoms with Crippen molar-refractivity contribution >= 4 is 5.69 Å². The zero-order valence-corrected chi connectivity index (χ0v) is 7.74. The summed E-state index contributed by atoms with van der Waals surface area (Å²) in [7, 11) is 0. The third-order valence-electron chi connectivity index (χ3n) is 1.80. The van der Waals surface area contributed by atoms with Crippen LogP contribution in [0.4, 0.5) is 10.1 Å². The van der Waals surface area contributed by atoms with Gasteiger partial charge in [0.05, 0.1) is 4.92 Å². The lowest BCUT2D eigenvalue weighted by Crippen LogP contribution is -2.18. The number of rotatable bonds is 3. The number of hydrogen-bond acceptors (Lipinski definition) is 3. The average molecular weight is 198 g/mol. The molecule has 76 valence electrons. The Kier molecular flexibility index (Phi) is 3.14. The SMILES string of the molecule is C[C@H](N)Cc1cccc([N+](=O)[O-])c1F. The van der Waals surface area contributed by atoms with Gasteiger partial charge in [-0.3, -0.25) is 10.1 Å². The van der Waals surface area contributed by atoms with E-state index in [0.29, 0.717) is 6.42 Å². The second-order valence-electron chi connectivity index (χ2n) is 3.19. The summed E-state index contributed by atoms with van der Waals surface area (Å²) in [5.41, 5.74) is 5.27. The van der Waals surface area contributed by atoms with E-state index in [1.807, 2.05) is 0 Å². The first-order valence-corrected chi connectivity index (χ1v) is 4.19. The first-order valence-electron chi connectivity index (χ1n) is 4.19. The fourth-order valence-corrected chi connectivity index (χ4v) is 1.21. The van der Waals surface area contributed by atoms with Crippen LogP contribution in [0.2, 0.25) is 0 Å². The third-order valence-corrected chi connectivity index (χ3v) is 1.80. The fraction of sp³-hybridized carbons (Fsp3) is 0.333. The van der Waals surface area contributed by atoms with E-state index in [0.717, 1.165) is 6.07 Å². The summed E-state index contributed by atoms with van der Waals surface area (Å²) in [4.78, 5) is 9.66. The van der Waals surface area contributed by atoms with Gasteiger partial charge in [-0.1, -0.05) is 12.1 Å². The van der Waals surface area contributed by atoms with Crippen LogP contribution in [-0.4, -0.2) is 11.0 Å². The van der Waals surface area contributed by atoms with Gasteiger partial charge in [0.25, 0.3) is 0 Å². The van der Waals surface area contributed by atoms with E-state index >= 15 is 0 Å². The Bertz CT molecular complexity index is 353. The van der Waals surface area contributed by atoms with Gasteiger partial charge in [0.15, 0.2) is 0 Å². The molecule has 0 fully saturated rings. The van der Waals surface area contributed by atoms with Gasteiger partial charge in [0.2, 0.25) is 5.82 Å². The molecule has 0 amide bonds. The Labute approximate surface area is 80.7 Å². The summed E-state index contributed by atoms with van der Waals surface area (Å²) in [6, 6.07) is 3.89. The van der Waals surface area contributed by atoms with E-state index in [1.54, 1.807) is 6.92 Å². The van der Waals surface area contributed by atoms with Crippen molar-refractivity contribution in [1.29, 1.82) is 0 Å². The van der Waals surface area contributed by atoms with Crippen LogP contribution in [0.5, 0.6) is 0 Å². The van der Waals surface area contributed by atoms with Crippen LogP contribution in [0, 0.1) is 15.9 Å². The molecule has 1 aromatic carbocycles. The first kappa shape index (κ1) is 10.6. The van der Waals surface area contributed by atoms with Crippen molar-refractivity contribution in [3.8, 4) is 0 Å². The number of nitro groups is 1. The average Bonchev–Trinajstić information content (AvgIpc) is 2.07. The van der Waals surface area contributed by atoms with Gasteiger partial charge in [-0.25, -0.2) is 0 Å². The van der Waals surface area contributed by atoms with Crippen LogP contribution < -0.4 is 5.73 Å². The molecule has 1 rings (SSSR count). The Morgan fingerprint density at radius 2 is 2.29 bits per heavy atom. The maximum atomic E-state index is 13.4. The number of nitrogens with two attached hydrogens (primary N) is 1. The number of nitrogens with zero attached hydrogens (tertiary/aromatic N) is 1. The van der Waals surface area contributed by atoms with E-state index in [9.17, 15) is 14.5 Å². The highest BCUT2D eigenvalue weighted by molar-refractivity contribution is 5.37. The van der Waals surface area contributed by atoms with Crippen LogP contribution >= 0.6 is 0 Å². The summed E-state index contributed by atoms with van der Waals surface area (Å²) >= 11 is 0. The minimum Gasteiger partial charge on any atom is -0.328 e. The summed E-state index contributed by atoms with van der Waals surface area (Å²) < 4.78 is 13.4. The van der Waals surface area contributed by atoms with Gasteiger partial charge in [0, 0.05) is 12.1 Å². The quantitative estimate of drug-likeness (QED) is 0.592. The predicted octanol–water partition coefficient (Wildman–Crippen LogP) is 1.62. The molecule has 4 nitrogen and oxygen atoms in total. The Balaban J connectivity index is 3.07. The van der Waals surface area contributed by atoms with Gasteiger partial charge < -0.3 is 5.73 Å². The molecular weight excluding hydrogens is 187 g/mol. The third kappa shape index (κ3) is 2.26. The molecule has 0 aliphatic heterocycles. The standard InChI is InChI=1S/C9H11FN2O2/c1-6(11)5-7-3-2-4-8(9(7)10)12(13)14/h2-4,6H,5,11H2,1H3/t6-/m0/s1. The van der Waals surface area contributed by atoms with Gasteiger partial charge in [-0.2, -0.15) is 4.39 Å². The number of benzene rings is 1. The highest BCUT2D eigenvalue weighted by Crippen LogP contribution is 2.20. The minimum absolute atomic E-state index is 0.216. The molecule has 0 radical (unpaired) electrons. The first-order chi connectivity index (χ1) is 6.52. The van der Waals surface area contributed by atoms with Crippen molar-refractivity contribution in [3.05, 3.63) is 39.7 Å². The van der Waals surface area contributed by atoms with Crippen LogP contribution in [0.1, 0.15) is 12.5 Å². The van der Waals surface area contributed by atoms with E-state index in [2.05, 4.69) is 0 Å². The maximum absolute atomic E-state index is 13.4. The lowest BCUT2D eigenvalue weighted by atomic mass is 10.1. The molecule has 2 N–H and O–H groups in total. The zero-order valence-electron chi connectivity index (χ0n) is 7.74. The molecule has 1 atom stereocenters. The minimum atomic E-state index is -0.783. The fourth-order valence-electron chi connectivity index (χ4n) is 1.21. The Morgan fingerprint density at radius 3 is 2.79 bits per heavy atom. The zero-order chi connectivity index (χ0) is 10.7. The molecule has 0 aliphatic rings. The van der Waals surface area contributed by atoms with Crippen LogP contribution in [0.25, 0.3) is 0 Å². The molecular formula is C9H11FN2O2. The number of halogens is 1. The second-order valence-corrected chi connectivity index (χ2v) is 3.19. The monoisotopic (exact) mass is 198 g/mol. The maximum Gasteiger partial charge on any atom is 0.305 e. The summed E-state index contributed by atoms with van der Waals surface area (Å²) in [6.07, 6.45) is 0.299. The van der Waals surface area contributed by atoms with E-state index < -0.39 is 16.4 Å². The van der Waals surface area contributed by atoms with Crippen molar-refractivity contribution in [2.75, 3.05) is 0 Å².